The molecule has 2 heteroatoms. The van der Waals surface area contributed by atoms with E-state index >= 15 is 0 Å². The van der Waals surface area contributed by atoms with Crippen LogP contribution in [0.5, 0.6) is 0 Å². The molecule has 0 N–H and O–H groups in total. The Balaban J connectivity index is 1.24. The first kappa shape index (κ1) is 23.7. The molecule has 2 nitrogen and oxygen atoms in total. The Bertz CT molecular complexity index is 2720. The zero-order chi connectivity index (χ0) is 28.8. The van der Waals surface area contributed by atoms with Crippen LogP contribution in [-0.4, -0.2) is 0 Å². The molecular formula is C42H24O2. The second kappa shape index (κ2) is 8.82. The summed E-state index contributed by atoms with van der Waals surface area (Å²) in [6.45, 7) is 0. The van der Waals surface area contributed by atoms with Crippen molar-refractivity contribution in [1.82, 2.24) is 0 Å². The van der Waals surface area contributed by atoms with Gasteiger partial charge >= 0.3 is 0 Å². The molecule has 0 saturated heterocycles. The van der Waals surface area contributed by atoms with Crippen LogP contribution in [0.1, 0.15) is 0 Å². The van der Waals surface area contributed by atoms with Crippen LogP contribution in [-0.2, 0) is 0 Å². The van der Waals surface area contributed by atoms with Gasteiger partial charge in [-0.25, -0.2) is 0 Å². The number of rotatable bonds is 2. The summed E-state index contributed by atoms with van der Waals surface area (Å²) in [5.41, 5.74) is 8.32. The first-order valence-corrected chi connectivity index (χ1v) is 15.0. The fourth-order valence-electron chi connectivity index (χ4n) is 7.25. The SMILES string of the molecule is c1ccc2cc(-c3c4ccccc4c(-c4ccc5c(c4)oc4cc6oc7ccccc7c6cc45)c4ccccc34)ccc2c1. The Hall–Kier alpha value is -5.86. The summed E-state index contributed by atoms with van der Waals surface area (Å²) < 4.78 is 12.7. The molecule has 0 atom stereocenters. The third-order valence-electron chi connectivity index (χ3n) is 9.23. The summed E-state index contributed by atoms with van der Waals surface area (Å²) in [6.07, 6.45) is 0. The van der Waals surface area contributed by atoms with E-state index in [9.17, 15) is 0 Å². The molecule has 0 unspecified atom stereocenters. The first-order valence-electron chi connectivity index (χ1n) is 15.0. The van der Waals surface area contributed by atoms with Crippen molar-refractivity contribution < 1.29 is 8.83 Å². The molecule has 0 saturated carbocycles. The molecular weight excluding hydrogens is 536 g/mol. The summed E-state index contributed by atoms with van der Waals surface area (Å²) in [5, 5.41) is 11.9. The smallest absolute Gasteiger partial charge is 0.139 e. The van der Waals surface area contributed by atoms with E-state index in [1.807, 2.05) is 18.2 Å². The second-order valence-corrected chi connectivity index (χ2v) is 11.7. The van der Waals surface area contributed by atoms with Gasteiger partial charge in [-0.3, -0.25) is 0 Å². The lowest BCUT2D eigenvalue weighted by Gasteiger charge is -2.18. The minimum atomic E-state index is 0.838. The highest BCUT2D eigenvalue weighted by molar-refractivity contribution is 6.22. The maximum atomic E-state index is 6.52. The number of benzene rings is 8. The molecule has 0 radical (unpaired) electrons. The molecule has 0 aliphatic carbocycles. The van der Waals surface area contributed by atoms with Crippen molar-refractivity contribution in [1.29, 1.82) is 0 Å². The van der Waals surface area contributed by atoms with Crippen LogP contribution in [0.25, 0.3) is 98.4 Å². The lowest BCUT2D eigenvalue weighted by molar-refractivity contribution is 0.656. The highest BCUT2D eigenvalue weighted by atomic mass is 16.3. The summed E-state index contributed by atoms with van der Waals surface area (Å²) in [4.78, 5) is 0. The van der Waals surface area contributed by atoms with Crippen LogP contribution in [0.4, 0.5) is 0 Å². The topological polar surface area (TPSA) is 26.3 Å². The number of hydrogen-bond donors (Lipinski definition) is 0. The maximum Gasteiger partial charge on any atom is 0.139 e. The molecule has 0 aliphatic heterocycles. The first-order chi connectivity index (χ1) is 21.8. The van der Waals surface area contributed by atoms with E-state index in [2.05, 4.69) is 127 Å². The van der Waals surface area contributed by atoms with Crippen LogP contribution in [0.15, 0.2) is 154 Å². The number of furan rings is 2. The fourth-order valence-corrected chi connectivity index (χ4v) is 7.25. The van der Waals surface area contributed by atoms with Gasteiger partial charge in [-0.2, -0.15) is 0 Å². The highest BCUT2D eigenvalue weighted by Crippen LogP contribution is 2.45. The van der Waals surface area contributed by atoms with Gasteiger partial charge in [0.25, 0.3) is 0 Å². The van der Waals surface area contributed by atoms with Crippen molar-refractivity contribution in [3.63, 3.8) is 0 Å². The Labute approximate surface area is 252 Å². The quantitative estimate of drug-likeness (QED) is 0.197. The zero-order valence-electron chi connectivity index (χ0n) is 23.7. The minimum absolute atomic E-state index is 0.838. The third-order valence-corrected chi connectivity index (χ3v) is 9.23. The molecule has 0 spiro atoms. The Morgan fingerprint density at radius 3 is 1.43 bits per heavy atom. The molecule has 44 heavy (non-hydrogen) atoms. The average Bonchev–Trinajstić information content (AvgIpc) is 3.62. The van der Waals surface area contributed by atoms with Gasteiger partial charge in [0.15, 0.2) is 0 Å². The lowest BCUT2D eigenvalue weighted by Crippen LogP contribution is -1.91. The van der Waals surface area contributed by atoms with E-state index in [0.29, 0.717) is 0 Å². The predicted molar refractivity (Wildman–Crippen MR) is 184 cm³/mol. The minimum Gasteiger partial charge on any atom is -0.456 e. The van der Waals surface area contributed by atoms with Crippen molar-refractivity contribution in [3.05, 3.63) is 146 Å². The van der Waals surface area contributed by atoms with Crippen molar-refractivity contribution >= 4 is 76.2 Å². The van der Waals surface area contributed by atoms with E-state index < -0.39 is 0 Å². The average molecular weight is 561 g/mol. The Morgan fingerprint density at radius 1 is 0.273 bits per heavy atom. The number of para-hydroxylation sites is 1. The molecule has 2 heterocycles. The lowest BCUT2D eigenvalue weighted by atomic mass is 9.85. The summed E-state index contributed by atoms with van der Waals surface area (Å²) in [6, 6.07) is 52.1. The number of hydrogen-bond acceptors (Lipinski definition) is 2. The van der Waals surface area contributed by atoms with Crippen LogP contribution >= 0.6 is 0 Å². The van der Waals surface area contributed by atoms with Crippen molar-refractivity contribution in [2.75, 3.05) is 0 Å². The van der Waals surface area contributed by atoms with Gasteiger partial charge in [0.05, 0.1) is 0 Å². The number of fused-ring (bicyclic) bond motifs is 9. The molecule has 0 bridgehead atoms. The van der Waals surface area contributed by atoms with Gasteiger partial charge < -0.3 is 8.83 Å². The van der Waals surface area contributed by atoms with Gasteiger partial charge in [0.1, 0.15) is 22.3 Å². The van der Waals surface area contributed by atoms with Crippen LogP contribution < -0.4 is 0 Å². The van der Waals surface area contributed by atoms with Crippen molar-refractivity contribution in [2.45, 2.75) is 0 Å². The Kier molecular flexibility index (Phi) is 4.75. The molecule has 10 rings (SSSR count). The molecule has 0 aliphatic rings. The van der Waals surface area contributed by atoms with Gasteiger partial charge in [0.2, 0.25) is 0 Å². The van der Waals surface area contributed by atoms with Gasteiger partial charge in [-0.05, 0) is 84.9 Å². The largest absolute Gasteiger partial charge is 0.456 e. The van der Waals surface area contributed by atoms with Gasteiger partial charge in [-0.15, -0.1) is 0 Å². The summed E-state index contributed by atoms with van der Waals surface area (Å²) >= 11 is 0. The second-order valence-electron chi connectivity index (χ2n) is 11.7. The van der Waals surface area contributed by atoms with E-state index in [-0.39, 0.29) is 0 Å². The van der Waals surface area contributed by atoms with Crippen molar-refractivity contribution in [3.8, 4) is 22.3 Å². The normalized spacial score (nSPS) is 12.1. The fraction of sp³-hybridized carbons (Fsp3) is 0. The third kappa shape index (κ3) is 3.31. The predicted octanol–water partition coefficient (Wildman–Crippen LogP) is 12.3. The monoisotopic (exact) mass is 560 g/mol. The standard InChI is InChI=1S/C42H24O2/c1-2-10-26-21-27(18-17-25(26)9-1)41-31-12-3-5-14-33(31)42(34-15-6-4-13-32(34)41)28-19-20-30-36-23-35-29-11-7-8-16-37(29)43-39(35)24-40(36)44-38(30)22-28/h1-24H. The van der Waals surface area contributed by atoms with Crippen LogP contribution in [0.2, 0.25) is 0 Å². The summed E-state index contributed by atoms with van der Waals surface area (Å²) in [7, 11) is 0. The summed E-state index contributed by atoms with van der Waals surface area (Å²) in [5.74, 6) is 0. The van der Waals surface area contributed by atoms with Crippen molar-refractivity contribution in [2.24, 2.45) is 0 Å². The van der Waals surface area contributed by atoms with Crippen LogP contribution in [0, 0.1) is 0 Å². The Morgan fingerprint density at radius 2 is 0.750 bits per heavy atom. The zero-order valence-corrected chi connectivity index (χ0v) is 23.7. The highest BCUT2D eigenvalue weighted by Gasteiger charge is 2.19. The molecule has 204 valence electrons. The molecule has 0 fully saturated rings. The molecule has 2 aromatic heterocycles. The van der Waals surface area contributed by atoms with Crippen LogP contribution in [0.3, 0.4) is 0 Å². The van der Waals surface area contributed by atoms with E-state index in [4.69, 9.17) is 8.83 Å². The van der Waals surface area contributed by atoms with Gasteiger partial charge in [-0.1, -0.05) is 109 Å². The van der Waals surface area contributed by atoms with Gasteiger partial charge in [0, 0.05) is 27.6 Å². The van der Waals surface area contributed by atoms with E-state index in [1.165, 1.54) is 49.0 Å². The molecule has 10 aromatic rings. The molecule has 0 amide bonds. The van der Waals surface area contributed by atoms with E-state index in [1.54, 1.807) is 0 Å². The molecule has 8 aromatic carbocycles. The maximum absolute atomic E-state index is 6.52. The van der Waals surface area contributed by atoms with E-state index in [0.717, 1.165) is 49.4 Å².